The molecule has 3 aromatic rings. The SMILES string of the molecule is COc1ccc(CS(=O)(=O)c2ccc3c(c2)oc(=O)n3CC(=O)O)cc1. The van der Waals surface area contributed by atoms with Gasteiger partial charge in [-0.15, -0.1) is 0 Å². The molecular weight excluding hydrogens is 362 g/mol. The first-order chi connectivity index (χ1) is 12.3. The fourth-order valence-corrected chi connectivity index (χ4v) is 3.91. The highest BCUT2D eigenvalue weighted by Crippen LogP contribution is 2.23. The summed E-state index contributed by atoms with van der Waals surface area (Å²) in [6.45, 7) is -0.566. The summed E-state index contributed by atoms with van der Waals surface area (Å²) in [6.07, 6.45) is 0. The summed E-state index contributed by atoms with van der Waals surface area (Å²) in [6, 6.07) is 10.6. The third kappa shape index (κ3) is 3.47. The minimum atomic E-state index is -3.68. The number of sulfone groups is 1. The lowest BCUT2D eigenvalue weighted by molar-refractivity contribution is -0.137. The first-order valence-corrected chi connectivity index (χ1v) is 9.16. The predicted molar refractivity (Wildman–Crippen MR) is 92.0 cm³/mol. The molecule has 9 heteroatoms. The molecule has 0 saturated heterocycles. The molecule has 0 amide bonds. The van der Waals surface area contributed by atoms with E-state index in [1.807, 2.05) is 0 Å². The highest BCUT2D eigenvalue weighted by atomic mass is 32.2. The summed E-state index contributed by atoms with van der Waals surface area (Å²) in [5.41, 5.74) is 0.823. The molecule has 0 fully saturated rings. The van der Waals surface area contributed by atoms with E-state index in [1.165, 1.54) is 25.3 Å². The Morgan fingerprint density at radius 2 is 1.88 bits per heavy atom. The van der Waals surface area contributed by atoms with Crippen molar-refractivity contribution < 1.29 is 27.5 Å². The Labute approximate surface area is 148 Å². The lowest BCUT2D eigenvalue weighted by Gasteiger charge is -2.06. The Bertz CT molecular complexity index is 1120. The quantitative estimate of drug-likeness (QED) is 0.694. The fourth-order valence-electron chi connectivity index (χ4n) is 2.55. The third-order valence-corrected chi connectivity index (χ3v) is 5.49. The van der Waals surface area contributed by atoms with E-state index in [0.29, 0.717) is 11.3 Å². The number of oxazole rings is 1. The van der Waals surface area contributed by atoms with Gasteiger partial charge in [0.15, 0.2) is 15.4 Å². The van der Waals surface area contributed by atoms with Crippen LogP contribution in [0, 0.1) is 0 Å². The second kappa shape index (κ2) is 6.68. The number of fused-ring (bicyclic) bond motifs is 1. The summed E-state index contributed by atoms with van der Waals surface area (Å²) in [5, 5.41) is 8.85. The van der Waals surface area contributed by atoms with Gasteiger partial charge in [0.25, 0.3) is 0 Å². The zero-order valence-electron chi connectivity index (χ0n) is 13.7. The molecular formula is C17H15NO7S. The van der Waals surface area contributed by atoms with Crippen molar-refractivity contribution in [2.45, 2.75) is 17.2 Å². The van der Waals surface area contributed by atoms with Gasteiger partial charge in [0.2, 0.25) is 0 Å². The Balaban J connectivity index is 1.95. The van der Waals surface area contributed by atoms with Crippen LogP contribution in [0.25, 0.3) is 11.1 Å². The van der Waals surface area contributed by atoms with Gasteiger partial charge in [0, 0.05) is 6.07 Å². The second-order valence-corrected chi connectivity index (χ2v) is 7.57. The van der Waals surface area contributed by atoms with Gasteiger partial charge in [-0.2, -0.15) is 0 Å². The Morgan fingerprint density at radius 1 is 1.19 bits per heavy atom. The van der Waals surface area contributed by atoms with Gasteiger partial charge in [0.05, 0.1) is 23.3 Å². The topological polar surface area (TPSA) is 116 Å². The molecule has 0 aliphatic carbocycles. The molecule has 0 bridgehead atoms. The molecule has 26 heavy (non-hydrogen) atoms. The van der Waals surface area contributed by atoms with E-state index in [4.69, 9.17) is 14.3 Å². The average Bonchev–Trinajstić information content (AvgIpc) is 2.89. The van der Waals surface area contributed by atoms with Crippen molar-refractivity contribution in [3.8, 4) is 5.75 Å². The van der Waals surface area contributed by atoms with E-state index in [-0.39, 0.29) is 21.7 Å². The van der Waals surface area contributed by atoms with Crippen LogP contribution in [0.5, 0.6) is 5.75 Å². The minimum Gasteiger partial charge on any atom is -0.497 e. The van der Waals surface area contributed by atoms with Crippen molar-refractivity contribution in [2.24, 2.45) is 0 Å². The Morgan fingerprint density at radius 3 is 2.50 bits per heavy atom. The number of hydrogen-bond acceptors (Lipinski definition) is 6. The molecule has 2 aromatic carbocycles. The van der Waals surface area contributed by atoms with Crippen molar-refractivity contribution in [2.75, 3.05) is 7.11 Å². The summed E-state index contributed by atoms with van der Waals surface area (Å²) in [5.74, 6) is -1.67. The van der Waals surface area contributed by atoms with Gasteiger partial charge in [-0.1, -0.05) is 12.1 Å². The molecule has 136 valence electrons. The first kappa shape index (κ1) is 17.7. The van der Waals surface area contributed by atoms with E-state index in [1.54, 1.807) is 24.3 Å². The van der Waals surface area contributed by atoms with Crippen molar-refractivity contribution >= 4 is 26.9 Å². The van der Waals surface area contributed by atoms with Crippen LogP contribution in [0.1, 0.15) is 5.56 Å². The predicted octanol–water partition coefficient (Wildman–Crippen LogP) is 1.66. The average molecular weight is 377 g/mol. The number of carboxylic acid groups (broad SMARTS) is 1. The van der Waals surface area contributed by atoms with E-state index in [2.05, 4.69) is 0 Å². The van der Waals surface area contributed by atoms with Crippen molar-refractivity contribution in [3.63, 3.8) is 0 Å². The molecule has 0 atom stereocenters. The molecule has 0 aliphatic rings. The number of aromatic nitrogens is 1. The normalized spacial score (nSPS) is 11.6. The number of carbonyl (C=O) groups is 1. The number of benzene rings is 2. The highest BCUT2D eigenvalue weighted by Gasteiger charge is 2.19. The van der Waals surface area contributed by atoms with E-state index < -0.39 is 28.1 Å². The molecule has 0 unspecified atom stereocenters. The summed E-state index contributed by atoms with van der Waals surface area (Å²) in [7, 11) is -2.16. The largest absolute Gasteiger partial charge is 0.497 e. The number of hydrogen-bond donors (Lipinski definition) is 1. The lowest BCUT2D eigenvalue weighted by Crippen LogP contribution is -2.19. The third-order valence-electron chi connectivity index (χ3n) is 3.81. The lowest BCUT2D eigenvalue weighted by atomic mass is 10.2. The van der Waals surface area contributed by atoms with Crippen LogP contribution in [0.4, 0.5) is 0 Å². The molecule has 1 aromatic heterocycles. The second-order valence-electron chi connectivity index (χ2n) is 5.58. The smallest absolute Gasteiger partial charge is 0.420 e. The zero-order valence-corrected chi connectivity index (χ0v) is 14.5. The van der Waals surface area contributed by atoms with E-state index in [0.717, 1.165) is 4.57 Å². The zero-order chi connectivity index (χ0) is 18.9. The van der Waals surface area contributed by atoms with Crippen molar-refractivity contribution in [3.05, 3.63) is 58.6 Å². The Kier molecular flexibility index (Phi) is 4.56. The first-order valence-electron chi connectivity index (χ1n) is 7.51. The number of ether oxygens (including phenoxy) is 1. The van der Waals surface area contributed by atoms with Crippen molar-refractivity contribution in [1.29, 1.82) is 0 Å². The number of rotatable bonds is 6. The molecule has 0 spiro atoms. The summed E-state index contributed by atoms with van der Waals surface area (Å²) < 4.78 is 36.2. The molecule has 1 heterocycles. The van der Waals surface area contributed by atoms with Crippen LogP contribution < -0.4 is 10.5 Å². The highest BCUT2D eigenvalue weighted by molar-refractivity contribution is 7.90. The summed E-state index contributed by atoms with van der Waals surface area (Å²) >= 11 is 0. The van der Waals surface area contributed by atoms with Crippen LogP contribution in [-0.2, 0) is 26.9 Å². The maximum Gasteiger partial charge on any atom is 0.420 e. The molecule has 0 aliphatic heterocycles. The standard InChI is InChI=1S/C17H15NO7S/c1-24-12-4-2-11(3-5-12)10-26(22,23)13-6-7-14-15(8-13)25-17(21)18(14)9-16(19)20/h2-8H,9-10H2,1H3,(H,19,20). The van der Waals surface area contributed by atoms with Crippen LogP contribution in [0.3, 0.4) is 0 Å². The van der Waals surface area contributed by atoms with Gasteiger partial charge < -0.3 is 14.3 Å². The van der Waals surface area contributed by atoms with Crippen LogP contribution in [0.2, 0.25) is 0 Å². The van der Waals surface area contributed by atoms with E-state index >= 15 is 0 Å². The van der Waals surface area contributed by atoms with Gasteiger partial charge >= 0.3 is 11.7 Å². The molecule has 0 radical (unpaired) electrons. The fraction of sp³-hybridized carbons (Fsp3) is 0.176. The number of methoxy groups -OCH3 is 1. The monoisotopic (exact) mass is 377 g/mol. The Hall–Kier alpha value is -3.07. The molecule has 8 nitrogen and oxygen atoms in total. The molecule has 1 N–H and O–H groups in total. The summed E-state index contributed by atoms with van der Waals surface area (Å²) in [4.78, 5) is 22.6. The van der Waals surface area contributed by atoms with Gasteiger partial charge in [0.1, 0.15) is 12.3 Å². The maximum absolute atomic E-state index is 12.6. The number of carboxylic acids is 1. The molecule has 0 saturated carbocycles. The van der Waals surface area contributed by atoms with E-state index in [9.17, 15) is 18.0 Å². The number of nitrogens with zero attached hydrogens (tertiary/aromatic N) is 1. The van der Waals surface area contributed by atoms with Crippen LogP contribution in [0.15, 0.2) is 56.6 Å². The minimum absolute atomic E-state index is 0.0166. The maximum atomic E-state index is 12.6. The molecule has 3 rings (SSSR count). The van der Waals surface area contributed by atoms with Crippen LogP contribution in [-0.4, -0.2) is 31.2 Å². The van der Waals surface area contributed by atoms with Crippen LogP contribution >= 0.6 is 0 Å². The number of aliphatic carboxylic acids is 1. The van der Waals surface area contributed by atoms with Gasteiger partial charge in [-0.25, -0.2) is 13.2 Å². The van der Waals surface area contributed by atoms with Crippen molar-refractivity contribution in [1.82, 2.24) is 4.57 Å². The van der Waals surface area contributed by atoms with Gasteiger partial charge in [-0.05, 0) is 29.8 Å². The van der Waals surface area contributed by atoms with Gasteiger partial charge in [-0.3, -0.25) is 9.36 Å².